The Kier molecular flexibility index (Phi) is 4.26. The molecule has 4 rings (SSSR count). The minimum atomic E-state index is -0.203. The number of benzene rings is 2. The highest BCUT2D eigenvalue weighted by Gasteiger charge is 2.09. The summed E-state index contributed by atoms with van der Waals surface area (Å²) in [6.07, 6.45) is 4.95. The van der Waals surface area contributed by atoms with Gasteiger partial charge in [-0.3, -0.25) is 4.79 Å². The standard InChI is InChI=1S/C21H15N3O2/c25-19(12-11-15-6-2-1-3-7-15)23-17-9-4-8-16(14-17)21-24-20-18(26-21)10-5-13-22-20/h1-14H,(H,23,25)/b12-11+. The Morgan fingerprint density at radius 2 is 1.88 bits per heavy atom. The van der Waals surface area contributed by atoms with E-state index in [4.69, 9.17) is 4.42 Å². The van der Waals surface area contributed by atoms with E-state index in [1.807, 2.05) is 60.7 Å². The number of nitrogens with one attached hydrogen (secondary N) is 1. The second kappa shape index (κ2) is 7.03. The molecule has 0 fully saturated rings. The summed E-state index contributed by atoms with van der Waals surface area (Å²) in [5.41, 5.74) is 3.59. The van der Waals surface area contributed by atoms with Crippen LogP contribution < -0.4 is 5.32 Å². The molecule has 26 heavy (non-hydrogen) atoms. The molecule has 0 atom stereocenters. The van der Waals surface area contributed by atoms with E-state index in [-0.39, 0.29) is 5.91 Å². The first-order valence-electron chi connectivity index (χ1n) is 8.14. The molecule has 2 aromatic carbocycles. The van der Waals surface area contributed by atoms with Gasteiger partial charge in [-0.25, -0.2) is 4.98 Å². The molecule has 0 spiro atoms. The third-order valence-corrected chi connectivity index (χ3v) is 3.77. The van der Waals surface area contributed by atoms with E-state index < -0.39 is 0 Å². The normalized spacial score (nSPS) is 11.1. The maximum Gasteiger partial charge on any atom is 0.248 e. The Morgan fingerprint density at radius 3 is 2.73 bits per heavy atom. The molecule has 5 heteroatoms. The molecule has 2 heterocycles. The molecule has 0 radical (unpaired) electrons. The van der Waals surface area contributed by atoms with Crippen molar-refractivity contribution in [2.24, 2.45) is 0 Å². The third kappa shape index (κ3) is 3.52. The zero-order valence-electron chi connectivity index (χ0n) is 13.8. The lowest BCUT2D eigenvalue weighted by Gasteiger charge is -2.03. The highest BCUT2D eigenvalue weighted by Crippen LogP contribution is 2.25. The van der Waals surface area contributed by atoms with Gasteiger partial charge in [0.25, 0.3) is 0 Å². The van der Waals surface area contributed by atoms with Crippen molar-refractivity contribution in [3.8, 4) is 11.5 Å². The summed E-state index contributed by atoms with van der Waals surface area (Å²) in [7, 11) is 0. The van der Waals surface area contributed by atoms with Gasteiger partial charge in [-0.2, -0.15) is 4.98 Å². The number of carbonyl (C=O) groups excluding carboxylic acids is 1. The first kappa shape index (κ1) is 15.8. The number of oxazole rings is 1. The van der Waals surface area contributed by atoms with Crippen molar-refractivity contribution in [3.63, 3.8) is 0 Å². The summed E-state index contributed by atoms with van der Waals surface area (Å²) in [6, 6.07) is 20.6. The number of amides is 1. The lowest BCUT2D eigenvalue weighted by Crippen LogP contribution is -2.07. The molecule has 0 unspecified atom stereocenters. The van der Waals surface area contributed by atoms with Crippen LogP contribution in [0.25, 0.3) is 28.8 Å². The van der Waals surface area contributed by atoms with Gasteiger partial charge in [-0.1, -0.05) is 36.4 Å². The van der Waals surface area contributed by atoms with Crippen molar-refractivity contribution in [2.75, 3.05) is 5.32 Å². The van der Waals surface area contributed by atoms with Gasteiger partial charge in [0.2, 0.25) is 11.8 Å². The molecule has 4 aromatic rings. The molecule has 0 bridgehead atoms. The number of aromatic nitrogens is 2. The summed E-state index contributed by atoms with van der Waals surface area (Å²) in [5, 5.41) is 2.85. The largest absolute Gasteiger partial charge is 0.434 e. The number of rotatable bonds is 4. The Labute approximate surface area is 150 Å². The van der Waals surface area contributed by atoms with Crippen LogP contribution in [0.2, 0.25) is 0 Å². The van der Waals surface area contributed by atoms with Crippen molar-refractivity contribution in [3.05, 3.63) is 84.6 Å². The van der Waals surface area contributed by atoms with Crippen molar-refractivity contribution >= 4 is 28.9 Å². The number of hydrogen-bond donors (Lipinski definition) is 1. The van der Waals surface area contributed by atoms with Gasteiger partial charge in [-0.15, -0.1) is 0 Å². The highest BCUT2D eigenvalue weighted by atomic mass is 16.3. The summed E-state index contributed by atoms with van der Waals surface area (Å²) < 4.78 is 5.72. The number of pyridine rings is 1. The predicted octanol–water partition coefficient (Wildman–Crippen LogP) is 4.54. The molecule has 0 aliphatic rings. The topological polar surface area (TPSA) is 68.0 Å². The van der Waals surface area contributed by atoms with Crippen LogP contribution in [0, 0.1) is 0 Å². The van der Waals surface area contributed by atoms with Gasteiger partial charge in [0.1, 0.15) is 0 Å². The van der Waals surface area contributed by atoms with Gasteiger partial charge < -0.3 is 9.73 Å². The molecule has 0 saturated carbocycles. The predicted molar refractivity (Wildman–Crippen MR) is 101 cm³/mol. The summed E-state index contributed by atoms with van der Waals surface area (Å²) in [5.74, 6) is 0.264. The molecular weight excluding hydrogens is 326 g/mol. The van der Waals surface area contributed by atoms with Gasteiger partial charge in [0.15, 0.2) is 11.2 Å². The van der Waals surface area contributed by atoms with Crippen molar-refractivity contribution < 1.29 is 9.21 Å². The number of hydrogen-bond acceptors (Lipinski definition) is 4. The molecule has 0 saturated heterocycles. The maximum absolute atomic E-state index is 12.1. The monoisotopic (exact) mass is 341 g/mol. The van der Waals surface area contributed by atoms with Crippen LogP contribution in [0.1, 0.15) is 5.56 Å². The second-order valence-corrected chi connectivity index (χ2v) is 5.66. The lowest BCUT2D eigenvalue weighted by atomic mass is 10.2. The van der Waals surface area contributed by atoms with Gasteiger partial charge in [0, 0.05) is 23.5 Å². The zero-order valence-corrected chi connectivity index (χ0v) is 13.8. The fourth-order valence-corrected chi connectivity index (χ4v) is 2.54. The number of fused-ring (bicyclic) bond motifs is 1. The summed E-state index contributed by atoms with van der Waals surface area (Å²) in [4.78, 5) is 20.7. The molecule has 0 aliphatic carbocycles. The van der Waals surface area contributed by atoms with E-state index in [1.165, 1.54) is 6.08 Å². The lowest BCUT2D eigenvalue weighted by molar-refractivity contribution is -0.111. The first-order chi connectivity index (χ1) is 12.8. The van der Waals surface area contributed by atoms with Crippen LogP contribution in [-0.2, 0) is 4.79 Å². The number of carbonyl (C=O) groups is 1. The average Bonchev–Trinajstić information content (AvgIpc) is 3.12. The Balaban J connectivity index is 1.52. The van der Waals surface area contributed by atoms with E-state index in [1.54, 1.807) is 18.3 Å². The van der Waals surface area contributed by atoms with Crippen molar-refractivity contribution in [2.45, 2.75) is 0 Å². The fraction of sp³-hybridized carbons (Fsp3) is 0. The minimum Gasteiger partial charge on any atom is -0.434 e. The molecular formula is C21H15N3O2. The molecule has 5 nitrogen and oxygen atoms in total. The smallest absolute Gasteiger partial charge is 0.248 e. The highest BCUT2D eigenvalue weighted by molar-refractivity contribution is 6.02. The van der Waals surface area contributed by atoms with Crippen molar-refractivity contribution in [1.29, 1.82) is 0 Å². The molecule has 0 aliphatic heterocycles. The van der Waals surface area contributed by atoms with Crippen LogP contribution in [0.15, 0.2) is 83.4 Å². The third-order valence-electron chi connectivity index (χ3n) is 3.77. The van der Waals surface area contributed by atoms with Crippen LogP contribution >= 0.6 is 0 Å². The van der Waals surface area contributed by atoms with Gasteiger partial charge in [0.05, 0.1) is 0 Å². The first-order valence-corrected chi connectivity index (χ1v) is 8.14. The van der Waals surface area contributed by atoms with E-state index in [0.717, 1.165) is 11.1 Å². The van der Waals surface area contributed by atoms with E-state index in [2.05, 4.69) is 15.3 Å². The number of anilines is 1. The van der Waals surface area contributed by atoms with Crippen LogP contribution in [-0.4, -0.2) is 15.9 Å². The maximum atomic E-state index is 12.1. The quantitative estimate of drug-likeness (QED) is 0.553. The second-order valence-electron chi connectivity index (χ2n) is 5.66. The molecule has 126 valence electrons. The zero-order chi connectivity index (χ0) is 17.8. The summed E-state index contributed by atoms with van der Waals surface area (Å²) >= 11 is 0. The van der Waals surface area contributed by atoms with E-state index in [0.29, 0.717) is 22.8 Å². The minimum absolute atomic E-state index is 0.203. The van der Waals surface area contributed by atoms with Crippen LogP contribution in [0.4, 0.5) is 5.69 Å². The van der Waals surface area contributed by atoms with Gasteiger partial charge in [-0.05, 0) is 42.0 Å². The Hall–Kier alpha value is -3.73. The summed E-state index contributed by atoms with van der Waals surface area (Å²) in [6.45, 7) is 0. The SMILES string of the molecule is O=C(/C=C/c1ccccc1)Nc1cccc(-c2nc3ncccc3o2)c1. The Bertz CT molecular complexity index is 1050. The van der Waals surface area contributed by atoms with E-state index >= 15 is 0 Å². The Morgan fingerprint density at radius 1 is 1.00 bits per heavy atom. The molecule has 1 N–H and O–H groups in total. The molecule has 1 amide bonds. The van der Waals surface area contributed by atoms with E-state index in [9.17, 15) is 4.79 Å². The number of nitrogens with zero attached hydrogens (tertiary/aromatic N) is 2. The fourth-order valence-electron chi connectivity index (χ4n) is 2.54. The van der Waals surface area contributed by atoms with Crippen molar-refractivity contribution in [1.82, 2.24) is 9.97 Å². The van der Waals surface area contributed by atoms with Crippen LogP contribution in [0.5, 0.6) is 0 Å². The van der Waals surface area contributed by atoms with Crippen LogP contribution in [0.3, 0.4) is 0 Å². The average molecular weight is 341 g/mol. The van der Waals surface area contributed by atoms with Gasteiger partial charge >= 0.3 is 0 Å². The molecule has 2 aromatic heterocycles.